The number of urea groups is 1. The summed E-state index contributed by atoms with van der Waals surface area (Å²) < 4.78 is 5.08. The van der Waals surface area contributed by atoms with Gasteiger partial charge in [0.25, 0.3) is 5.91 Å². The van der Waals surface area contributed by atoms with Crippen LogP contribution in [0.5, 0.6) is 0 Å². The minimum absolute atomic E-state index is 0.00857. The van der Waals surface area contributed by atoms with Gasteiger partial charge in [-0.15, -0.1) is 0 Å². The fourth-order valence-electron chi connectivity index (χ4n) is 3.61. The first kappa shape index (κ1) is 22.3. The van der Waals surface area contributed by atoms with E-state index in [0.29, 0.717) is 24.7 Å². The number of amides is 3. The molecule has 0 atom stereocenters. The van der Waals surface area contributed by atoms with Crippen molar-refractivity contribution in [3.8, 4) is 0 Å². The van der Waals surface area contributed by atoms with Gasteiger partial charge in [0.05, 0.1) is 6.42 Å². The van der Waals surface area contributed by atoms with Gasteiger partial charge in [-0.3, -0.25) is 9.59 Å². The molecule has 1 aliphatic rings. The molecule has 164 valence electrons. The molecule has 1 heterocycles. The summed E-state index contributed by atoms with van der Waals surface area (Å²) >= 11 is 0. The second-order valence-electron chi connectivity index (χ2n) is 7.67. The van der Waals surface area contributed by atoms with Crippen LogP contribution in [0, 0.1) is 5.92 Å². The van der Waals surface area contributed by atoms with Gasteiger partial charge in [-0.25, -0.2) is 4.79 Å². The van der Waals surface area contributed by atoms with Gasteiger partial charge in [0.15, 0.2) is 6.61 Å². The maximum Gasteiger partial charge on any atom is 0.319 e. The number of likely N-dealkylation sites (tertiary alicyclic amines) is 1. The van der Waals surface area contributed by atoms with Crippen molar-refractivity contribution in [2.45, 2.75) is 25.7 Å². The van der Waals surface area contributed by atoms with Crippen LogP contribution in [0.3, 0.4) is 0 Å². The molecule has 3 amide bonds. The van der Waals surface area contributed by atoms with Crippen molar-refractivity contribution in [1.29, 1.82) is 0 Å². The second kappa shape index (κ2) is 11.7. The van der Waals surface area contributed by atoms with E-state index >= 15 is 0 Å². The van der Waals surface area contributed by atoms with Gasteiger partial charge in [0.1, 0.15) is 0 Å². The average molecular weight is 424 g/mol. The Morgan fingerprint density at radius 2 is 1.58 bits per heavy atom. The summed E-state index contributed by atoms with van der Waals surface area (Å²) in [6.45, 7) is 1.26. The van der Waals surface area contributed by atoms with Gasteiger partial charge in [-0.05, 0) is 42.9 Å². The number of nitrogens with zero attached hydrogens (tertiary/aromatic N) is 1. The monoisotopic (exact) mass is 423 g/mol. The lowest BCUT2D eigenvalue weighted by Crippen LogP contribution is -2.41. The number of carbonyl (C=O) groups is 3. The predicted molar refractivity (Wildman–Crippen MR) is 118 cm³/mol. The number of nitrogens with one attached hydrogen (secondary N) is 2. The number of ether oxygens (including phenoxy) is 1. The fourth-order valence-corrected chi connectivity index (χ4v) is 3.61. The third-order valence-corrected chi connectivity index (χ3v) is 5.34. The molecule has 2 aromatic rings. The molecule has 0 aliphatic carbocycles. The van der Waals surface area contributed by atoms with Crippen LogP contribution in [-0.4, -0.2) is 49.0 Å². The van der Waals surface area contributed by atoms with Crippen molar-refractivity contribution in [2.75, 3.05) is 31.6 Å². The molecule has 1 aliphatic heterocycles. The lowest BCUT2D eigenvalue weighted by molar-refractivity contribution is -0.152. The van der Waals surface area contributed by atoms with Gasteiger partial charge in [-0.2, -0.15) is 0 Å². The van der Waals surface area contributed by atoms with Gasteiger partial charge in [-0.1, -0.05) is 48.5 Å². The van der Waals surface area contributed by atoms with Crippen molar-refractivity contribution in [3.05, 3.63) is 66.2 Å². The molecular formula is C24H29N3O4. The summed E-state index contributed by atoms with van der Waals surface area (Å²) in [5, 5.41) is 5.26. The summed E-state index contributed by atoms with van der Waals surface area (Å²) in [5.74, 6) is -0.101. The fraction of sp³-hybridized carbons (Fsp3) is 0.375. The SMILES string of the molecule is O=C(NCCC(=O)OCC(=O)N1CCC(Cc2ccccc2)CC1)Nc1ccccc1. The Morgan fingerprint density at radius 1 is 0.935 bits per heavy atom. The van der Waals surface area contributed by atoms with E-state index in [1.807, 2.05) is 36.4 Å². The van der Waals surface area contributed by atoms with E-state index in [-0.39, 0.29) is 25.5 Å². The number of esters is 1. The molecule has 0 spiro atoms. The lowest BCUT2D eigenvalue weighted by Gasteiger charge is -2.32. The van der Waals surface area contributed by atoms with Crippen LogP contribution in [0.25, 0.3) is 0 Å². The standard InChI is InChI=1S/C24H29N3O4/c28-22(27-15-12-20(13-16-27)17-19-7-3-1-4-8-19)18-31-23(29)11-14-25-24(30)26-21-9-5-2-6-10-21/h1-10,20H,11-18H2,(H2,25,26,30). The molecule has 0 aromatic heterocycles. The number of para-hydroxylation sites is 1. The third-order valence-electron chi connectivity index (χ3n) is 5.34. The van der Waals surface area contributed by atoms with E-state index in [0.717, 1.165) is 19.3 Å². The zero-order chi connectivity index (χ0) is 21.9. The second-order valence-corrected chi connectivity index (χ2v) is 7.67. The normalized spacial score (nSPS) is 14.0. The maximum atomic E-state index is 12.3. The van der Waals surface area contributed by atoms with Crippen LogP contribution >= 0.6 is 0 Å². The molecule has 31 heavy (non-hydrogen) atoms. The van der Waals surface area contributed by atoms with Crippen molar-refractivity contribution in [2.24, 2.45) is 5.92 Å². The number of rotatable bonds is 8. The number of piperidine rings is 1. The molecule has 2 aromatic carbocycles. The van der Waals surface area contributed by atoms with Crippen LogP contribution in [0.15, 0.2) is 60.7 Å². The zero-order valence-electron chi connectivity index (χ0n) is 17.6. The molecule has 3 rings (SSSR count). The first-order valence-corrected chi connectivity index (χ1v) is 10.7. The Hall–Kier alpha value is -3.35. The Bertz CT molecular complexity index is 850. The molecule has 2 N–H and O–H groups in total. The van der Waals surface area contributed by atoms with E-state index < -0.39 is 12.0 Å². The van der Waals surface area contributed by atoms with Crippen LogP contribution < -0.4 is 10.6 Å². The maximum absolute atomic E-state index is 12.3. The van der Waals surface area contributed by atoms with E-state index in [2.05, 4.69) is 22.8 Å². The molecule has 1 fully saturated rings. The van der Waals surface area contributed by atoms with Gasteiger partial charge < -0.3 is 20.3 Å². The first-order chi connectivity index (χ1) is 15.1. The van der Waals surface area contributed by atoms with Crippen molar-refractivity contribution < 1.29 is 19.1 Å². The largest absolute Gasteiger partial charge is 0.456 e. The van der Waals surface area contributed by atoms with Gasteiger partial charge >= 0.3 is 12.0 Å². The number of anilines is 1. The molecule has 1 saturated heterocycles. The summed E-state index contributed by atoms with van der Waals surface area (Å²) in [4.78, 5) is 37.7. The zero-order valence-corrected chi connectivity index (χ0v) is 17.6. The highest BCUT2D eigenvalue weighted by Gasteiger charge is 2.23. The molecule has 0 bridgehead atoms. The summed E-state index contributed by atoms with van der Waals surface area (Å²) in [7, 11) is 0. The van der Waals surface area contributed by atoms with Crippen molar-refractivity contribution >= 4 is 23.6 Å². The minimum atomic E-state index is -0.507. The molecule has 7 heteroatoms. The van der Waals surface area contributed by atoms with Crippen molar-refractivity contribution in [1.82, 2.24) is 10.2 Å². The van der Waals surface area contributed by atoms with Crippen molar-refractivity contribution in [3.63, 3.8) is 0 Å². The van der Waals surface area contributed by atoms with E-state index in [1.165, 1.54) is 5.56 Å². The van der Waals surface area contributed by atoms with Crippen LogP contribution in [0.4, 0.5) is 10.5 Å². The number of carbonyl (C=O) groups excluding carboxylic acids is 3. The van der Waals surface area contributed by atoms with Crippen LogP contribution in [0.1, 0.15) is 24.8 Å². The van der Waals surface area contributed by atoms with E-state index in [9.17, 15) is 14.4 Å². The van der Waals surface area contributed by atoms with Gasteiger partial charge in [0.2, 0.25) is 0 Å². The predicted octanol–water partition coefficient (Wildman–Crippen LogP) is 3.22. The Morgan fingerprint density at radius 3 is 2.26 bits per heavy atom. The quantitative estimate of drug-likeness (QED) is 0.638. The molecule has 0 unspecified atom stereocenters. The average Bonchev–Trinajstić information content (AvgIpc) is 2.79. The molecule has 0 radical (unpaired) electrons. The third kappa shape index (κ3) is 7.77. The molecule has 0 saturated carbocycles. The number of hydrogen-bond acceptors (Lipinski definition) is 4. The summed E-state index contributed by atoms with van der Waals surface area (Å²) in [5.41, 5.74) is 1.99. The lowest BCUT2D eigenvalue weighted by atomic mass is 9.90. The minimum Gasteiger partial charge on any atom is -0.456 e. The summed E-state index contributed by atoms with van der Waals surface area (Å²) in [6.07, 6.45) is 2.95. The molecule has 7 nitrogen and oxygen atoms in total. The smallest absolute Gasteiger partial charge is 0.319 e. The highest BCUT2D eigenvalue weighted by Crippen LogP contribution is 2.21. The Kier molecular flexibility index (Phi) is 8.46. The highest BCUT2D eigenvalue weighted by molar-refractivity contribution is 5.89. The highest BCUT2D eigenvalue weighted by atomic mass is 16.5. The van der Waals surface area contributed by atoms with Crippen LogP contribution in [0.2, 0.25) is 0 Å². The molecular weight excluding hydrogens is 394 g/mol. The van der Waals surface area contributed by atoms with E-state index in [4.69, 9.17) is 4.74 Å². The Balaban J connectivity index is 1.27. The number of hydrogen-bond donors (Lipinski definition) is 2. The summed E-state index contributed by atoms with van der Waals surface area (Å²) in [6, 6.07) is 19.0. The van der Waals surface area contributed by atoms with Crippen LogP contribution in [-0.2, 0) is 20.7 Å². The Labute approximate surface area is 182 Å². The topological polar surface area (TPSA) is 87.7 Å². The number of benzene rings is 2. The van der Waals surface area contributed by atoms with Gasteiger partial charge in [0, 0.05) is 25.3 Å². The van der Waals surface area contributed by atoms with E-state index in [1.54, 1.807) is 17.0 Å². The first-order valence-electron chi connectivity index (χ1n) is 10.7.